The Hall–Kier alpha value is -4.19. The van der Waals surface area contributed by atoms with E-state index in [0.717, 1.165) is 27.4 Å². The Balaban J connectivity index is 1.39. The lowest BCUT2D eigenvalue weighted by atomic mass is 10.2. The first-order valence-electron chi connectivity index (χ1n) is 9.64. The number of carbonyl (C=O) groups is 2. The number of nitrogens with one attached hydrogen (secondary N) is 1. The third-order valence-electron chi connectivity index (χ3n) is 4.99. The van der Waals surface area contributed by atoms with E-state index in [4.69, 9.17) is 16.3 Å². The van der Waals surface area contributed by atoms with E-state index < -0.39 is 30.2 Å². The van der Waals surface area contributed by atoms with Gasteiger partial charge in [0.05, 0.1) is 40.6 Å². The minimum absolute atomic E-state index is 0.0283. The quantitative estimate of drug-likeness (QED) is 0.414. The van der Waals surface area contributed by atoms with Crippen LogP contribution in [0.3, 0.4) is 0 Å². The number of imide groups is 1. The van der Waals surface area contributed by atoms with Crippen molar-refractivity contribution in [2.24, 2.45) is 0 Å². The second-order valence-corrected chi connectivity index (χ2v) is 7.63. The summed E-state index contributed by atoms with van der Waals surface area (Å²) in [4.78, 5) is 34.9. The molecular weight excluding hydrogens is 477 g/mol. The van der Waals surface area contributed by atoms with Crippen LogP contribution < -0.4 is 14.5 Å². The molecule has 0 aliphatic carbocycles. The highest BCUT2D eigenvalue weighted by atomic mass is 35.5. The van der Waals surface area contributed by atoms with E-state index in [1.54, 1.807) is 12.3 Å². The highest BCUT2D eigenvalue weighted by molar-refractivity contribution is 6.37. The molecule has 1 aromatic carbocycles. The molecule has 0 saturated carbocycles. The van der Waals surface area contributed by atoms with Gasteiger partial charge in [0, 0.05) is 17.6 Å². The molecule has 3 amide bonds. The number of anilines is 2. The Labute approximate surface area is 193 Å². The summed E-state index contributed by atoms with van der Waals surface area (Å²) in [6, 6.07) is 5.93. The molecule has 4 aromatic rings. The molecule has 0 unspecified atom stereocenters. The van der Waals surface area contributed by atoms with E-state index >= 15 is 0 Å². The molecule has 13 heteroatoms. The molecule has 0 radical (unpaired) electrons. The average Bonchev–Trinajstić information content (AvgIpc) is 3.37. The Morgan fingerprint density at radius 3 is 2.62 bits per heavy atom. The van der Waals surface area contributed by atoms with Crippen LogP contribution in [-0.2, 0) is 11.0 Å². The van der Waals surface area contributed by atoms with Crippen LogP contribution in [0.2, 0.25) is 5.02 Å². The number of amides is 3. The molecule has 9 nitrogen and oxygen atoms in total. The van der Waals surface area contributed by atoms with E-state index in [0.29, 0.717) is 23.3 Å². The number of pyridine rings is 2. The number of urea groups is 1. The lowest BCUT2D eigenvalue weighted by molar-refractivity contribution is -0.137. The van der Waals surface area contributed by atoms with Crippen LogP contribution in [-0.4, -0.2) is 38.6 Å². The maximum Gasteiger partial charge on any atom is 0.417 e. The number of carbonyl (C=O) groups excluding carboxylic acids is 2. The average molecular weight is 489 g/mol. The van der Waals surface area contributed by atoms with Crippen molar-refractivity contribution in [2.45, 2.75) is 6.18 Å². The molecule has 0 bridgehead atoms. The minimum Gasteiger partial charge on any atom is -0.456 e. The number of aromatic amines is 1. The number of H-pyrrole nitrogens is 1. The number of rotatable bonds is 4. The molecule has 0 atom stereocenters. The van der Waals surface area contributed by atoms with Gasteiger partial charge in [0.25, 0.3) is 5.91 Å². The molecule has 1 aliphatic heterocycles. The molecule has 3 aromatic heterocycles. The number of benzene rings is 1. The van der Waals surface area contributed by atoms with E-state index in [9.17, 15) is 22.8 Å². The number of alkyl halides is 3. The number of fused-ring (bicyclic) bond motifs is 1. The van der Waals surface area contributed by atoms with Crippen molar-refractivity contribution < 1.29 is 27.5 Å². The van der Waals surface area contributed by atoms with Crippen molar-refractivity contribution in [3.05, 3.63) is 65.7 Å². The highest BCUT2D eigenvalue weighted by Crippen LogP contribution is 2.36. The first-order valence-corrected chi connectivity index (χ1v) is 10.0. The normalized spacial score (nSPS) is 14.4. The van der Waals surface area contributed by atoms with Gasteiger partial charge in [-0.05, 0) is 24.3 Å². The zero-order chi connectivity index (χ0) is 24.0. The first kappa shape index (κ1) is 21.6. The van der Waals surface area contributed by atoms with Crippen LogP contribution in [0.25, 0.3) is 11.0 Å². The van der Waals surface area contributed by atoms with Gasteiger partial charge in [-0.3, -0.25) is 19.8 Å². The van der Waals surface area contributed by atoms with Crippen LogP contribution in [0.1, 0.15) is 5.56 Å². The second kappa shape index (κ2) is 7.99. The lowest BCUT2D eigenvalue weighted by Gasteiger charge is -2.19. The molecule has 0 spiro atoms. The van der Waals surface area contributed by atoms with E-state index in [1.807, 2.05) is 0 Å². The third kappa shape index (κ3) is 3.88. The fourth-order valence-electron chi connectivity index (χ4n) is 3.41. The Morgan fingerprint density at radius 1 is 1.03 bits per heavy atom. The number of aromatic nitrogens is 4. The van der Waals surface area contributed by atoms with Crippen LogP contribution in [0.4, 0.5) is 29.3 Å². The molecule has 1 aliphatic rings. The summed E-state index contributed by atoms with van der Waals surface area (Å²) < 4.78 is 44.8. The molecule has 5 rings (SSSR count). The van der Waals surface area contributed by atoms with Crippen molar-refractivity contribution in [3.63, 3.8) is 0 Å². The van der Waals surface area contributed by atoms with Crippen LogP contribution >= 0.6 is 11.6 Å². The molecule has 1 fully saturated rings. The Morgan fingerprint density at radius 2 is 1.85 bits per heavy atom. The molecule has 172 valence electrons. The molecule has 1 N–H and O–H groups in total. The number of halogens is 4. The summed E-state index contributed by atoms with van der Waals surface area (Å²) in [5.41, 5.74) is -0.539. The number of hydrogen-bond acceptors (Lipinski definition) is 6. The van der Waals surface area contributed by atoms with E-state index in [1.165, 1.54) is 24.4 Å². The van der Waals surface area contributed by atoms with Crippen molar-refractivity contribution in [3.8, 4) is 11.5 Å². The molecule has 34 heavy (non-hydrogen) atoms. The van der Waals surface area contributed by atoms with Gasteiger partial charge in [-0.1, -0.05) is 11.6 Å². The summed E-state index contributed by atoms with van der Waals surface area (Å²) in [7, 11) is 0. The summed E-state index contributed by atoms with van der Waals surface area (Å²) in [5.74, 6) is 0.0678. The molecule has 4 heterocycles. The lowest BCUT2D eigenvalue weighted by Crippen LogP contribution is -2.33. The Kier molecular flexibility index (Phi) is 5.09. The monoisotopic (exact) mass is 488 g/mol. The number of hydrogen-bond donors (Lipinski definition) is 1. The predicted octanol–water partition coefficient (Wildman–Crippen LogP) is 4.79. The van der Waals surface area contributed by atoms with E-state index in [-0.39, 0.29) is 16.4 Å². The van der Waals surface area contributed by atoms with Crippen molar-refractivity contribution in [1.82, 2.24) is 20.2 Å². The maximum atomic E-state index is 13.0. The van der Waals surface area contributed by atoms with Gasteiger partial charge in [-0.25, -0.2) is 14.7 Å². The summed E-state index contributed by atoms with van der Waals surface area (Å²) in [6.45, 7) is -0.465. The third-order valence-corrected chi connectivity index (χ3v) is 5.29. The van der Waals surface area contributed by atoms with Gasteiger partial charge in [0.15, 0.2) is 5.65 Å². The van der Waals surface area contributed by atoms with Crippen molar-refractivity contribution >= 4 is 45.9 Å². The zero-order valence-corrected chi connectivity index (χ0v) is 17.6. The van der Waals surface area contributed by atoms with Gasteiger partial charge >= 0.3 is 12.2 Å². The molecular formula is C21H12ClF3N6O3. The van der Waals surface area contributed by atoms with Gasteiger partial charge in [-0.15, -0.1) is 0 Å². The van der Waals surface area contributed by atoms with E-state index in [2.05, 4.69) is 20.2 Å². The van der Waals surface area contributed by atoms with Crippen molar-refractivity contribution in [1.29, 1.82) is 0 Å². The van der Waals surface area contributed by atoms with Crippen molar-refractivity contribution in [2.75, 3.05) is 16.3 Å². The summed E-state index contributed by atoms with van der Waals surface area (Å²) in [5, 5.41) is 7.37. The first-order chi connectivity index (χ1) is 16.2. The SMILES string of the molecule is O=C1CN(c2cncc(C(F)(F)F)c2)C(=O)N1c1ccc(Oc2cnc3[nH]ncc3c2)cc1Cl. The van der Waals surface area contributed by atoms with Gasteiger partial charge in [0.2, 0.25) is 0 Å². The smallest absolute Gasteiger partial charge is 0.417 e. The number of ether oxygens (including phenoxy) is 1. The highest BCUT2D eigenvalue weighted by Gasteiger charge is 2.40. The van der Waals surface area contributed by atoms with Crippen LogP contribution in [0.5, 0.6) is 11.5 Å². The maximum absolute atomic E-state index is 13.0. The minimum atomic E-state index is -4.65. The van der Waals surface area contributed by atoms with Crippen LogP contribution in [0.15, 0.2) is 55.1 Å². The summed E-state index contributed by atoms with van der Waals surface area (Å²) in [6.07, 6.45) is 0.136. The molecule has 1 saturated heterocycles. The fraction of sp³-hybridized carbons (Fsp3) is 0.0952. The van der Waals surface area contributed by atoms with Gasteiger partial charge < -0.3 is 4.74 Å². The van der Waals surface area contributed by atoms with Gasteiger partial charge in [0.1, 0.15) is 18.0 Å². The topological polar surface area (TPSA) is 104 Å². The zero-order valence-electron chi connectivity index (χ0n) is 16.9. The number of nitrogens with zero attached hydrogens (tertiary/aromatic N) is 5. The fourth-order valence-corrected chi connectivity index (χ4v) is 3.67. The second-order valence-electron chi connectivity index (χ2n) is 7.22. The predicted molar refractivity (Wildman–Crippen MR) is 115 cm³/mol. The Bertz CT molecular complexity index is 1440. The van der Waals surface area contributed by atoms with Gasteiger partial charge in [-0.2, -0.15) is 18.3 Å². The largest absolute Gasteiger partial charge is 0.456 e. The van der Waals surface area contributed by atoms with Crippen LogP contribution in [0, 0.1) is 0 Å². The standard InChI is InChI=1S/C21H12ClF3N6O3/c22-16-5-14(34-15-3-11-6-28-29-19(11)27-9-15)1-2-17(16)31-18(32)10-30(20(31)33)13-4-12(7-26-8-13)21(23,24)25/h1-9H,10H2,(H,27,28,29). The summed E-state index contributed by atoms with van der Waals surface area (Å²) >= 11 is 6.33.